The van der Waals surface area contributed by atoms with Gasteiger partial charge in [-0.2, -0.15) is 0 Å². The molecule has 0 amide bonds. The predicted molar refractivity (Wildman–Crippen MR) is 82.5 cm³/mol. The summed E-state index contributed by atoms with van der Waals surface area (Å²) in [6, 6.07) is 15.5. The number of benzene rings is 2. The van der Waals surface area contributed by atoms with Gasteiger partial charge < -0.3 is 9.84 Å². The van der Waals surface area contributed by atoms with Crippen LogP contribution < -0.4 is 4.74 Å². The van der Waals surface area contributed by atoms with Gasteiger partial charge in [0.05, 0.1) is 6.10 Å². The minimum absolute atomic E-state index is 0.260. The minimum atomic E-state index is -0.526. The third kappa shape index (κ3) is 4.55. The second kappa shape index (κ2) is 7.32. The highest BCUT2D eigenvalue weighted by molar-refractivity contribution is 6.30. The smallest absolute Gasteiger partial charge is 0.120 e. The van der Waals surface area contributed by atoms with Crippen molar-refractivity contribution in [2.75, 3.05) is 6.61 Å². The number of aliphatic hydroxyl groups excluding tert-OH is 1. The zero-order valence-corrected chi connectivity index (χ0v) is 12.3. The van der Waals surface area contributed by atoms with Crippen LogP contribution in [0.2, 0.25) is 5.02 Å². The van der Waals surface area contributed by atoms with Crippen LogP contribution in [0.15, 0.2) is 48.5 Å². The van der Waals surface area contributed by atoms with Gasteiger partial charge >= 0.3 is 0 Å². The second-order valence-electron chi connectivity index (χ2n) is 4.80. The number of aliphatic hydroxyl groups is 1. The molecule has 0 fully saturated rings. The van der Waals surface area contributed by atoms with E-state index in [-0.39, 0.29) is 6.61 Å². The van der Waals surface area contributed by atoms with Crippen LogP contribution in [0, 0.1) is 0 Å². The lowest BCUT2D eigenvalue weighted by Gasteiger charge is -2.13. The summed E-state index contributed by atoms with van der Waals surface area (Å²) in [5.41, 5.74) is 2.42. The topological polar surface area (TPSA) is 29.5 Å². The normalized spacial score (nSPS) is 12.2. The molecule has 0 bridgehead atoms. The average molecular weight is 291 g/mol. The summed E-state index contributed by atoms with van der Waals surface area (Å²) in [6.45, 7) is 2.39. The molecular formula is C17H19ClO2. The van der Waals surface area contributed by atoms with Gasteiger partial charge in [0.1, 0.15) is 12.4 Å². The van der Waals surface area contributed by atoms with Gasteiger partial charge in [-0.25, -0.2) is 0 Å². The zero-order valence-electron chi connectivity index (χ0n) is 11.6. The molecule has 2 aromatic rings. The summed E-state index contributed by atoms with van der Waals surface area (Å²) in [5, 5.41) is 10.6. The Kier molecular flexibility index (Phi) is 5.45. The first-order valence-corrected chi connectivity index (χ1v) is 7.19. The van der Waals surface area contributed by atoms with E-state index in [1.54, 1.807) is 12.1 Å². The van der Waals surface area contributed by atoms with E-state index in [0.29, 0.717) is 17.2 Å². The number of ether oxygens (including phenoxy) is 1. The fourth-order valence-corrected chi connectivity index (χ4v) is 2.17. The molecule has 1 N–H and O–H groups in total. The molecule has 0 saturated heterocycles. The molecule has 0 saturated carbocycles. The van der Waals surface area contributed by atoms with E-state index in [1.807, 2.05) is 12.1 Å². The largest absolute Gasteiger partial charge is 0.491 e. The Balaban J connectivity index is 1.84. The van der Waals surface area contributed by atoms with Crippen molar-refractivity contribution in [3.63, 3.8) is 0 Å². The van der Waals surface area contributed by atoms with Crippen molar-refractivity contribution in [3.8, 4) is 5.75 Å². The Morgan fingerprint density at radius 2 is 1.80 bits per heavy atom. The molecule has 0 aliphatic rings. The van der Waals surface area contributed by atoms with Crippen LogP contribution in [0.3, 0.4) is 0 Å². The standard InChI is InChI=1S/C17H19ClO2/c1-2-13-6-8-14(9-7-13)10-16(19)12-20-17-5-3-4-15(18)11-17/h3-9,11,16,19H,2,10,12H2,1H3. The van der Waals surface area contributed by atoms with Crippen molar-refractivity contribution in [1.82, 2.24) is 0 Å². The molecule has 0 aliphatic carbocycles. The van der Waals surface area contributed by atoms with Gasteiger partial charge in [-0.15, -0.1) is 0 Å². The summed E-state index contributed by atoms with van der Waals surface area (Å²) in [5.74, 6) is 0.679. The highest BCUT2D eigenvalue weighted by atomic mass is 35.5. The van der Waals surface area contributed by atoms with Crippen LogP contribution in [0.25, 0.3) is 0 Å². The quantitative estimate of drug-likeness (QED) is 0.875. The number of hydrogen-bond donors (Lipinski definition) is 1. The number of hydrogen-bond acceptors (Lipinski definition) is 2. The van der Waals surface area contributed by atoms with Crippen molar-refractivity contribution in [3.05, 3.63) is 64.7 Å². The fraction of sp³-hybridized carbons (Fsp3) is 0.294. The van der Waals surface area contributed by atoms with Crippen molar-refractivity contribution >= 4 is 11.6 Å². The molecule has 0 aromatic heterocycles. The van der Waals surface area contributed by atoms with E-state index >= 15 is 0 Å². The van der Waals surface area contributed by atoms with E-state index in [4.69, 9.17) is 16.3 Å². The van der Waals surface area contributed by atoms with Crippen molar-refractivity contribution in [1.29, 1.82) is 0 Å². The maximum absolute atomic E-state index is 10.0. The molecule has 3 heteroatoms. The molecule has 0 spiro atoms. The number of halogens is 1. The van der Waals surface area contributed by atoms with Crippen LogP contribution in [-0.4, -0.2) is 17.8 Å². The van der Waals surface area contributed by atoms with Crippen molar-refractivity contribution in [2.45, 2.75) is 25.9 Å². The van der Waals surface area contributed by atoms with Crippen LogP contribution in [0.5, 0.6) is 5.75 Å². The lowest BCUT2D eigenvalue weighted by atomic mass is 10.1. The lowest BCUT2D eigenvalue weighted by Crippen LogP contribution is -2.20. The SMILES string of the molecule is CCc1ccc(CC(O)COc2cccc(Cl)c2)cc1. The number of rotatable bonds is 6. The highest BCUT2D eigenvalue weighted by Gasteiger charge is 2.07. The van der Waals surface area contributed by atoms with Crippen LogP contribution in [-0.2, 0) is 12.8 Å². The zero-order chi connectivity index (χ0) is 14.4. The fourth-order valence-electron chi connectivity index (χ4n) is 1.99. The molecule has 1 unspecified atom stereocenters. The minimum Gasteiger partial charge on any atom is -0.491 e. The molecule has 0 radical (unpaired) electrons. The van der Waals surface area contributed by atoms with Crippen molar-refractivity contribution in [2.24, 2.45) is 0 Å². The molecule has 2 rings (SSSR count). The third-order valence-electron chi connectivity index (χ3n) is 3.14. The summed E-state index contributed by atoms with van der Waals surface area (Å²) in [7, 11) is 0. The van der Waals surface area contributed by atoms with Gasteiger partial charge in [-0.3, -0.25) is 0 Å². The molecular weight excluding hydrogens is 272 g/mol. The van der Waals surface area contributed by atoms with Crippen molar-refractivity contribution < 1.29 is 9.84 Å². The molecule has 0 aliphatic heterocycles. The Morgan fingerprint density at radius 1 is 1.10 bits per heavy atom. The molecule has 1 atom stereocenters. The van der Waals surface area contributed by atoms with Gasteiger partial charge in [0.2, 0.25) is 0 Å². The van der Waals surface area contributed by atoms with Gasteiger partial charge in [0.25, 0.3) is 0 Å². The predicted octanol–water partition coefficient (Wildman–Crippen LogP) is 3.88. The van der Waals surface area contributed by atoms with Gasteiger partial charge in [-0.05, 0) is 35.7 Å². The van der Waals surface area contributed by atoms with Gasteiger partial charge in [0.15, 0.2) is 0 Å². The van der Waals surface area contributed by atoms with E-state index in [9.17, 15) is 5.11 Å². The molecule has 2 nitrogen and oxygen atoms in total. The molecule has 20 heavy (non-hydrogen) atoms. The first-order valence-electron chi connectivity index (χ1n) is 6.81. The Bertz CT molecular complexity index is 537. The molecule has 2 aromatic carbocycles. The van der Waals surface area contributed by atoms with Crippen LogP contribution in [0.4, 0.5) is 0 Å². The average Bonchev–Trinajstić information content (AvgIpc) is 2.46. The Hall–Kier alpha value is -1.51. The Labute approximate surface area is 125 Å². The van der Waals surface area contributed by atoms with Gasteiger partial charge in [0, 0.05) is 11.4 Å². The van der Waals surface area contributed by atoms with Crippen LogP contribution >= 0.6 is 11.6 Å². The summed E-state index contributed by atoms with van der Waals surface area (Å²) < 4.78 is 5.53. The van der Waals surface area contributed by atoms with E-state index in [1.165, 1.54) is 5.56 Å². The summed E-state index contributed by atoms with van der Waals surface area (Å²) >= 11 is 5.88. The Morgan fingerprint density at radius 3 is 2.45 bits per heavy atom. The summed E-state index contributed by atoms with van der Waals surface area (Å²) in [4.78, 5) is 0. The van der Waals surface area contributed by atoms with Crippen LogP contribution in [0.1, 0.15) is 18.1 Å². The van der Waals surface area contributed by atoms with E-state index in [0.717, 1.165) is 12.0 Å². The lowest BCUT2D eigenvalue weighted by molar-refractivity contribution is 0.108. The maximum atomic E-state index is 10.0. The first-order chi connectivity index (χ1) is 9.67. The second-order valence-corrected chi connectivity index (χ2v) is 5.23. The highest BCUT2D eigenvalue weighted by Crippen LogP contribution is 2.17. The van der Waals surface area contributed by atoms with E-state index < -0.39 is 6.10 Å². The third-order valence-corrected chi connectivity index (χ3v) is 3.38. The maximum Gasteiger partial charge on any atom is 0.120 e. The number of aryl methyl sites for hydroxylation is 1. The first kappa shape index (κ1) is 14.9. The monoisotopic (exact) mass is 290 g/mol. The van der Waals surface area contributed by atoms with Gasteiger partial charge in [-0.1, -0.05) is 48.9 Å². The summed E-state index contributed by atoms with van der Waals surface area (Å²) in [6.07, 6.45) is 1.09. The molecule has 0 heterocycles. The molecule has 106 valence electrons. The van der Waals surface area contributed by atoms with E-state index in [2.05, 4.69) is 31.2 Å².